The number of aromatic amines is 1. The molecule has 3 heterocycles. The molecule has 118 valence electrons. The summed E-state index contributed by atoms with van der Waals surface area (Å²) in [6.07, 6.45) is 3.70. The predicted molar refractivity (Wildman–Crippen MR) is 85.0 cm³/mol. The van der Waals surface area contributed by atoms with Gasteiger partial charge in [0.1, 0.15) is 12.2 Å². The molecule has 0 bridgehead atoms. The summed E-state index contributed by atoms with van der Waals surface area (Å²) in [5.74, 6) is 1.15. The lowest BCUT2D eigenvalue weighted by molar-refractivity contribution is 0.0699. The number of aryl methyl sites for hydroxylation is 1. The van der Waals surface area contributed by atoms with Gasteiger partial charge in [-0.3, -0.25) is 9.89 Å². The molecule has 0 saturated carbocycles. The predicted octanol–water partition coefficient (Wildman–Crippen LogP) is 1.71. The van der Waals surface area contributed by atoms with Crippen LogP contribution in [0.5, 0.6) is 0 Å². The zero-order valence-electron chi connectivity index (χ0n) is 12.9. The Balaban J connectivity index is 1.60. The summed E-state index contributed by atoms with van der Waals surface area (Å²) in [5, 5.41) is 16.2. The first-order chi connectivity index (χ1) is 11.2. The lowest BCUT2D eigenvalue weighted by Crippen LogP contribution is -2.40. The highest BCUT2D eigenvalue weighted by atomic mass is 16.2. The van der Waals surface area contributed by atoms with Crippen molar-refractivity contribution < 1.29 is 4.79 Å². The Morgan fingerprint density at radius 2 is 2.22 bits per heavy atom. The topological polar surface area (TPSA) is 79.7 Å². The fourth-order valence-electron chi connectivity index (χ4n) is 3.31. The minimum absolute atomic E-state index is 0.0191. The van der Waals surface area contributed by atoms with E-state index in [2.05, 4.69) is 20.4 Å². The highest BCUT2D eigenvalue weighted by molar-refractivity contribution is 6.04. The Morgan fingerprint density at radius 3 is 3.04 bits per heavy atom. The van der Waals surface area contributed by atoms with E-state index in [4.69, 9.17) is 0 Å². The van der Waals surface area contributed by atoms with E-state index in [1.54, 1.807) is 6.33 Å². The van der Waals surface area contributed by atoms with Crippen molar-refractivity contribution in [3.63, 3.8) is 0 Å². The molecule has 1 amide bonds. The summed E-state index contributed by atoms with van der Waals surface area (Å²) in [6, 6.07) is 7.71. The Morgan fingerprint density at radius 1 is 1.35 bits per heavy atom. The molecule has 0 unspecified atom stereocenters. The molecule has 4 rings (SSSR count). The van der Waals surface area contributed by atoms with E-state index in [1.807, 2.05) is 40.8 Å². The third-order valence-electron chi connectivity index (χ3n) is 4.49. The highest BCUT2D eigenvalue weighted by Crippen LogP contribution is 2.27. The number of para-hydroxylation sites is 1. The Labute approximate surface area is 133 Å². The van der Waals surface area contributed by atoms with Crippen molar-refractivity contribution in [1.82, 2.24) is 29.9 Å². The highest BCUT2D eigenvalue weighted by Gasteiger charge is 2.29. The number of amides is 1. The average Bonchev–Trinajstić information content (AvgIpc) is 3.20. The number of likely N-dealkylation sites (tertiary alicyclic amines) is 1. The van der Waals surface area contributed by atoms with Crippen molar-refractivity contribution in [3.05, 3.63) is 42.1 Å². The molecule has 3 aromatic rings. The van der Waals surface area contributed by atoms with Crippen LogP contribution in [0.4, 0.5) is 0 Å². The number of hydrogen-bond acceptors (Lipinski definition) is 4. The summed E-state index contributed by atoms with van der Waals surface area (Å²) >= 11 is 0. The number of carbonyl (C=O) groups excluding carboxylic acids is 1. The van der Waals surface area contributed by atoms with Gasteiger partial charge in [0.05, 0.1) is 5.52 Å². The fraction of sp³-hybridized carbons (Fsp3) is 0.375. The zero-order chi connectivity index (χ0) is 15.8. The second-order valence-corrected chi connectivity index (χ2v) is 6.01. The fourth-order valence-corrected chi connectivity index (χ4v) is 3.31. The van der Waals surface area contributed by atoms with E-state index in [9.17, 15) is 4.79 Å². The zero-order valence-corrected chi connectivity index (χ0v) is 12.9. The van der Waals surface area contributed by atoms with Crippen molar-refractivity contribution in [2.24, 2.45) is 7.05 Å². The maximum atomic E-state index is 12.9. The van der Waals surface area contributed by atoms with E-state index in [0.29, 0.717) is 12.2 Å². The average molecular weight is 310 g/mol. The molecule has 7 nitrogen and oxygen atoms in total. The molecular formula is C16H18N6O. The van der Waals surface area contributed by atoms with Crippen LogP contribution in [0.15, 0.2) is 30.6 Å². The quantitative estimate of drug-likeness (QED) is 0.781. The molecule has 0 aliphatic carbocycles. The number of hydrogen-bond donors (Lipinski definition) is 1. The van der Waals surface area contributed by atoms with Crippen LogP contribution in [0, 0.1) is 0 Å². The monoisotopic (exact) mass is 310 g/mol. The molecule has 1 saturated heterocycles. The van der Waals surface area contributed by atoms with Crippen LogP contribution in [0.1, 0.15) is 35.1 Å². The van der Waals surface area contributed by atoms with Gasteiger partial charge in [-0.15, -0.1) is 10.2 Å². The van der Waals surface area contributed by atoms with Gasteiger partial charge >= 0.3 is 0 Å². The minimum Gasteiger partial charge on any atom is -0.337 e. The summed E-state index contributed by atoms with van der Waals surface area (Å²) in [7, 11) is 1.94. The van der Waals surface area contributed by atoms with Gasteiger partial charge in [0.25, 0.3) is 5.91 Å². The second kappa shape index (κ2) is 5.49. The number of nitrogens with zero attached hydrogens (tertiary/aromatic N) is 5. The van der Waals surface area contributed by atoms with Crippen molar-refractivity contribution in [2.75, 3.05) is 13.1 Å². The molecule has 1 fully saturated rings. The molecule has 1 aromatic carbocycles. The number of rotatable bonds is 2. The maximum absolute atomic E-state index is 12.9. The Hall–Kier alpha value is -2.70. The smallest absolute Gasteiger partial charge is 0.275 e. The van der Waals surface area contributed by atoms with Crippen LogP contribution in [0.3, 0.4) is 0 Å². The van der Waals surface area contributed by atoms with Gasteiger partial charge in [-0.1, -0.05) is 18.2 Å². The first-order valence-corrected chi connectivity index (χ1v) is 7.80. The number of carbonyl (C=O) groups is 1. The number of nitrogens with one attached hydrogen (secondary N) is 1. The number of piperidine rings is 1. The van der Waals surface area contributed by atoms with Crippen molar-refractivity contribution in [1.29, 1.82) is 0 Å². The number of aromatic nitrogens is 5. The first kappa shape index (κ1) is 13.9. The van der Waals surface area contributed by atoms with E-state index in [1.165, 1.54) is 0 Å². The summed E-state index contributed by atoms with van der Waals surface area (Å²) in [4.78, 5) is 14.8. The third kappa shape index (κ3) is 2.38. The molecule has 0 radical (unpaired) electrons. The van der Waals surface area contributed by atoms with Gasteiger partial charge < -0.3 is 9.47 Å². The molecule has 1 atom stereocenters. The lowest BCUT2D eigenvalue weighted by Gasteiger charge is -2.31. The molecule has 2 aromatic heterocycles. The molecule has 0 spiro atoms. The van der Waals surface area contributed by atoms with Crippen molar-refractivity contribution in [2.45, 2.75) is 18.8 Å². The number of fused-ring (bicyclic) bond motifs is 1. The molecule has 7 heteroatoms. The van der Waals surface area contributed by atoms with Crippen LogP contribution >= 0.6 is 0 Å². The van der Waals surface area contributed by atoms with Crippen LogP contribution in [0.25, 0.3) is 10.9 Å². The molecule has 1 aliphatic rings. The largest absolute Gasteiger partial charge is 0.337 e. The molecular weight excluding hydrogens is 292 g/mol. The van der Waals surface area contributed by atoms with E-state index < -0.39 is 0 Å². The first-order valence-electron chi connectivity index (χ1n) is 7.80. The Kier molecular flexibility index (Phi) is 3.33. The Bertz CT molecular complexity index is 851. The maximum Gasteiger partial charge on any atom is 0.275 e. The van der Waals surface area contributed by atoms with Crippen LogP contribution in [-0.4, -0.2) is 48.9 Å². The molecule has 1 N–H and O–H groups in total. The standard InChI is InChI=1S/C16H18N6O/c1-21-10-17-20-15(21)11-5-4-8-22(9-11)16(23)14-12-6-2-3-7-13(12)18-19-14/h2-3,6-7,10-11H,4-5,8-9H2,1H3,(H,18,19)/t11-/m1/s1. The van der Waals surface area contributed by atoms with Gasteiger partial charge in [0.15, 0.2) is 5.69 Å². The van der Waals surface area contributed by atoms with E-state index >= 15 is 0 Å². The van der Waals surface area contributed by atoms with E-state index in [-0.39, 0.29) is 11.8 Å². The van der Waals surface area contributed by atoms with Crippen LogP contribution < -0.4 is 0 Å². The summed E-state index contributed by atoms with van der Waals surface area (Å²) < 4.78 is 1.93. The third-order valence-corrected chi connectivity index (χ3v) is 4.49. The van der Waals surface area contributed by atoms with Gasteiger partial charge in [0.2, 0.25) is 0 Å². The van der Waals surface area contributed by atoms with Gasteiger partial charge in [-0.2, -0.15) is 5.10 Å². The van der Waals surface area contributed by atoms with Gasteiger partial charge in [-0.05, 0) is 18.9 Å². The van der Waals surface area contributed by atoms with Crippen molar-refractivity contribution >= 4 is 16.8 Å². The minimum atomic E-state index is -0.0191. The second-order valence-electron chi connectivity index (χ2n) is 6.01. The summed E-state index contributed by atoms with van der Waals surface area (Å²) in [6.45, 7) is 1.42. The number of benzene rings is 1. The van der Waals surface area contributed by atoms with Crippen LogP contribution in [0.2, 0.25) is 0 Å². The normalized spacial score (nSPS) is 18.5. The van der Waals surface area contributed by atoms with E-state index in [0.717, 1.165) is 36.1 Å². The van der Waals surface area contributed by atoms with Crippen LogP contribution in [-0.2, 0) is 7.05 Å². The van der Waals surface area contributed by atoms with Gasteiger partial charge in [0, 0.05) is 31.4 Å². The molecule has 1 aliphatic heterocycles. The SMILES string of the molecule is Cn1cnnc1[C@@H]1CCCN(C(=O)c2n[nH]c3ccccc23)C1. The van der Waals surface area contributed by atoms with Gasteiger partial charge in [-0.25, -0.2) is 0 Å². The molecule has 23 heavy (non-hydrogen) atoms. The number of H-pyrrole nitrogens is 1. The lowest BCUT2D eigenvalue weighted by atomic mass is 9.96. The van der Waals surface area contributed by atoms with Crippen molar-refractivity contribution in [3.8, 4) is 0 Å². The summed E-state index contributed by atoms with van der Waals surface area (Å²) in [5.41, 5.74) is 1.39.